The smallest absolute Gasteiger partial charge is 0.407 e. The third-order valence-electron chi connectivity index (χ3n) is 6.70. The van der Waals surface area contributed by atoms with E-state index < -0.39 is 72.9 Å². The molecule has 3 amide bonds. The van der Waals surface area contributed by atoms with Gasteiger partial charge in [-0.1, -0.05) is 43.7 Å². The molecule has 6 N–H and O–H groups in total. The Balaban J connectivity index is 1.90. The molecule has 1 aromatic rings. The van der Waals surface area contributed by atoms with Crippen LogP contribution in [-0.2, 0) is 35.2 Å². The molecule has 0 bridgehead atoms. The molecule has 0 aliphatic carbocycles. The number of hydrogen-bond acceptors (Lipinski definition) is 10. The number of ether oxygens (including phenoxy) is 3. The van der Waals surface area contributed by atoms with Crippen molar-refractivity contribution in [2.24, 2.45) is 5.92 Å². The molecule has 0 aromatic heterocycles. The van der Waals surface area contributed by atoms with Crippen molar-refractivity contribution in [3.8, 4) is 0 Å². The van der Waals surface area contributed by atoms with Crippen LogP contribution in [0.2, 0.25) is 0 Å². The van der Waals surface area contributed by atoms with Gasteiger partial charge in [-0.3, -0.25) is 9.59 Å². The van der Waals surface area contributed by atoms with E-state index in [4.69, 9.17) is 14.2 Å². The van der Waals surface area contributed by atoms with Crippen molar-refractivity contribution in [1.29, 1.82) is 0 Å². The molecule has 1 aliphatic rings. The zero-order chi connectivity index (χ0) is 29.7. The highest BCUT2D eigenvalue weighted by atomic mass is 16.6. The normalized spacial score (nSPS) is 23.8. The first-order valence-electron chi connectivity index (χ1n) is 13.3. The summed E-state index contributed by atoms with van der Waals surface area (Å²) in [5, 5.41) is 38.2. The summed E-state index contributed by atoms with van der Waals surface area (Å²) < 4.78 is 16.0. The van der Waals surface area contributed by atoms with Gasteiger partial charge in [-0.15, -0.1) is 0 Å². The van der Waals surface area contributed by atoms with Gasteiger partial charge in [0.25, 0.3) is 0 Å². The molecule has 0 radical (unpaired) electrons. The second kappa shape index (κ2) is 16.1. The molecule has 6 atom stereocenters. The van der Waals surface area contributed by atoms with Crippen LogP contribution in [0.3, 0.4) is 0 Å². The van der Waals surface area contributed by atoms with E-state index in [-0.39, 0.29) is 13.0 Å². The summed E-state index contributed by atoms with van der Waals surface area (Å²) in [4.78, 5) is 49.2. The van der Waals surface area contributed by atoms with Crippen LogP contribution < -0.4 is 16.0 Å². The monoisotopic (exact) mass is 567 g/mol. The minimum absolute atomic E-state index is 0.0191. The van der Waals surface area contributed by atoms with E-state index >= 15 is 0 Å². The van der Waals surface area contributed by atoms with Gasteiger partial charge in [-0.2, -0.15) is 0 Å². The molecule has 2 rings (SSSR count). The van der Waals surface area contributed by atoms with Crippen molar-refractivity contribution in [3.05, 3.63) is 35.9 Å². The fourth-order valence-electron chi connectivity index (χ4n) is 4.49. The van der Waals surface area contributed by atoms with Crippen LogP contribution in [0.4, 0.5) is 4.79 Å². The van der Waals surface area contributed by atoms with Gasteiger partial charge >= 0.3 is 12.1 Å². The van der Waals surface area contributed by atoms with Crippen LogP contribution in [-0.4, -0.2) is 89.5 Å². The van der Waals surface area contributed by atoms with E-state index in [9.17, 15) is 34.5 Å². The van der Waals surface area contributed by atoms with E-state index in [1.807, 2.05) is 30.3 Å². The number of carbonyl (C=O) groups is 4. The zero-order valence-electron chi connectivity index (χ0n) is 23.1. The van der Waals surface area contributed by atoms with Gasteiger partial charge in [-0.25, -0.2) is 9.59 Å². The Labute approximate surface area is 233 Å². The fourth-order valence-corrected chi connectivity index (χ4v) is 4.49. The van der Waals surface area contributed by atoms with E-state index in [1.165, 1.54) is 13.8 Å². The van der Waals surface area contributed by atoms with Gasteiger partial charge in [0.2, 0.25) is 17.5 Å². The number of alkyl carbamates (subject to hydrolysis) is 1. The maximum atomic E-state index is 12.8. The zero-order valence-corrected chi connectivity index (χ0v) is 23.1. The van der Waals surface area contributed by atoms with Crippen molar-refractivity contribution in [2.45, 2.75) is 82.6 Å². The second-order valence-corrected chi connectivity index (χ2v) is 9.86. The molecule has 40 heavy (non-hydrogen) atoms. The lowest BCUT2D eigenvalue weighted by Gasteiger charge is -2.48. The lowest BCUT2D eigenvalue weighted by Crippen LogP contribution is -2.70. The van der Waals surface area contributed by atoms with Gasteiger partial charge in [-0.05, 0) is 18.4 Å². The minimum Gasteiger partial charge on any atom is -0.465 e. The van der Waals surface area contributed by atoms with Crippen LogP contribution >= 0.6 is 0 Å². The molecule has 224 valence electrons. The maximum absolute atomic E-state index is 12.8. The van der Waals surface area contributed by atoms with E-state index in [1.54, 1.807) is 0 Å². The number of esters is 1. The lowest BCUT2D eigenvalue weighted by molar-refractivity contribution is -0.228. The lowest BCUT2D eigenvalue weighted by atomic mass is 9.83. The van der Waals surface area contributed by atoms with Gasteiger partial charge < -0.3 is 45.5 Å². The molecule has 1 fully saturated rings. The third-order valence-corrected chi connectivity index (χ3v) is 6.70. The molecule has 0 spiro atoms. The molecule has 6 unspecified atom stereocenters. The average Bonchev–Trinajstić information content (AvgIpc) is 2.94. The molecule has 1 aliphatic heterocycles. The Morgan fingerprint density at radius 3 is 2.48 bits per heavy atom. The number of nitrogens with one attached hydrogen (secondary N) is 3. The maximum Gasteiger partial charge on any atom is 0.407 e. The number of methoxy groups -OCH3 is 1. The number of aliphatic hydroxyl groups excluding tert-OH is 3. The summed E-state index contributed by atoms with van der Waals surface area (Å²) in [6.07, 6.45) is -3.11. The molecule has 13 heteroatoms. The van der Waals surface area contributed by atoms with Crippen LogP contribution in [0, 0.1) is 5.92 Å². The number of benzene rings is 1. The first-order valence-corrected chi connectivity index (χ1v) is 13.3. The summed E-state index contributed by atoms with van der Waals surface area (Å²) in [6.45, 7) is 2.66. The Kier molecular flexibility index (Phi) is 13.3. The summed E-state index contributed by atoms with van der Waals surface area (Å²) >= 11 is 0. The highest BCUT2D eigenvalue weighted by Crippen LogP contribution is 2.33. The van der Waals surface area contributed by atoms with Crippen molar-refractivity contribution >= 4 is 23.9 Å². The molecule has 0 saturated carbocycles. The summed E-state index contributed by atoms with van der Waals surface area (Å²) in [7, 11) is 1.10. The summed E-state index contributed by atoms with van der Waals surface area (Å²) in [5.74, 6) is -2.82. The number of hydrogen-bond donors (Lipinski definition) is 6. The SMILES string of the molecule is COC(=O)C1(NC(=O)CCCCCNC(=O)OCc2ccccc2)CC(O)C(NC(C)=O)C(C(C)C(O)CO)O1. The number of aliphatic hydroxyl groups is 3. The van der Waals surface area contributed by atoms with Gasteiger partial charge in [0.05, 0.1) is 38.1 Å². The quantitative estimate of drug-likeness (QED) is 0.133. The molecule has 1 heterocycles. The summed E-state index contributed by atoms with van der Waals surface area (Å²) in [6, 6.07) is 8.26. The fraction of sp³-hybridized carbons (Fsp3) is 0.630. The minimum atomic E-state index is -2.07. The van der Waals surface area contributed by atoms with Crippen molar-refractivity contribution in [3.63, 3.8) is 0 Å². The Hall–Kier alpha value is -3.26. The predicted molar refractivity (Wildman–Crippen MR) is 141 cm³/mol. The Morgan fingerprint density at radius 2 is 1.85 bits per heavy atom. The van der Waals surface area contributed by atoms with E-state index in [2.05, 4.69) is 16.0 Å². The number of rotatable bonds is 14. The topological polar surface area (TPSA) is 193 Å². The molecular weight excluding hydrogens is 526 g/mol. The van der Waals surface area contributed by atoms with Crippen LogP contribution in [0.5, 0.6) is 0 Å². The number of amides is 3. The Bertz CT molecular complexity index is 979. The van der Waals surface area contributed by atoms with Crippen LogP contribution in [0.15, 0.2) is 30.3 Å². The van der Waals surface area contributed by atoms with Gasteiger partial charge in [0.1, 0.15) is 6.61 Å². The van der Waals surface area contributed by atoms with Crippen molar-refractivity contribution in [2.75, 3.05) is 20.3 Å². The van der Waals surface area contributed by atoms with Crippen molar-refractivity contribution < 1.29 is 48.7 Å². The molecular formula is C27H41N3O10. The molecule has 1 aromatic carbocycles. The standard InChI is InChI=1S/C27H41N3O10/c1-17(21(34)15-31)24-23(29-18(2)32)20(33)14-27(40-24,25(36)38-3)30-22(35)12-8-5-9-13-28-26(37)39-16-19-10-6-4-7-11-19/h4,6-7,10-11,17,20-21,23-24,31,33-34H,5,8-9,12-16H2,1-3H3,(H,28,37)(H,29,32)(H,30,35). The van der Waals surface area contributed by atoms with Gasteiger partial charge in [0, 0.05) is 32.2 Å². The third kappa shape index (κ3) is 9.73. The number of unbranched alkanes of at least 4 members (excludes halogenated alkanes) is 2. The highest BCUT2D eigenvalue weighted by molar-refractivity contribution is 5.87. The predicted octanol–water partition coefficient (Wildman–Crippen LogP) is 0.103. The van der Waals surface area contributed by atoms with E-state index in [0.717, 1.165) is 12.7 Å². The molecule has 13 nitrogen and oxygen atoms in total. The van der Waals surface area contributed by atoms with E-state index in [0.29, 0.717) is 25.8 Å². The number of carbonyl (C=O) groups excluding carboxylic acids is 4. The second-order valence-electron chi connectivity index (χ2n) is 9.86. The first-order chi connectivity index (χ1) is 19.0. The highest BCUT2D eigenvalue weighted by Gasteiger charge is 2.55. The Morgan fingerprint density at radius 1 is 1.15 bits per heavy atom. The summed E-state index contributed by atoms with van der Waals surface area (Å²) in [5.41, 5.74) is -1.20. The average molecular weight is 568 g/mol. The van der Waals surface area contributed by atoms with Crippen LogP contribution in [0.1, 0.15) is 51.5 Å². The van der Waals surface area contributed by atoms with Gasteiger partial charge in [0.15, 0.2) is 0 Å². The molecule has 1 saturated heterocycles. The van der Waals surface area contributed by atoms with Crippen LogP contribution in [0.25, 0.3) is 0 Å². The first kappa shape index (κ1) is 32.9. The van der Waals surface area contributed by atoms with Crippen molar-refractivity contribution in [1.82, 2.24) is 16.0 Å². The largest absolute Gasteiger partial charge is 0.465 e.